The van der Waals surface area contributed by atoms with Crippen molar-refractivity contribution in [3.8, 4) is 5.75 Å². The molecule has 0 saturated heterocycles. The number of hydrogen-bond acceptors (Lipinski definition) is 4. The fourth-order valence-electron chi connectivity index (χ4n) is 1.13. The molecule has 0 aliphatic carbocycles. The molecule has 16 heavy (non-hydrogen) atoms. The molecule has 1 aromatic carbocycles. The lowest BCUT2D eigenvalue weighted by atomic mass is 10.3. The van der Waals surface area contributed by atoms with Gasteiger partial charge < -0.3 is 14.9 Å². The molecule has 0 saturated carbocycles. The van der Waals surface area contributed by atoms with Crippen molar-refractivity contribution in [1.29, 1.82) is 0 Å². The third-order valence-corrected chi connectivity index (χ3v) is 3.19. The predicted octanol–water partition coefficient (Wildman–Crippen LogP) is 1.54. The SMILES string of the molecule is CC(O)CSCC(O)COc1ccccc1. The first kappa shape index (κ1) is 13.4. The molecule has 0 aliphatic heterocycles. The highest BCUT2D eigenvalue weighted by Crippen LogP contribution is 2.10. The van der Waals surface area contributed by atoms with Crippen LogP contribution in [0.1, 0.15) is 6.92 Å². The van der Waals surface area contributed by atoms with E-state index in [-0.39, 0.29) is 12.7 Å². The molecule has 0 fully saturated rings. The molecule has 0 heterocycles. The molecule has 0 spiro atoms. The highest BCUT2D eigenvalue weighted by atomic mass is 32.2. The lowest BCUT2D eigenvalue weighted by Gasteiger charge is -2.12. The van der Waals surface area contributed by atoms with Crippen LogP contribution in [-0.2, 0) is 0 Å². The Labute approximate surface area is 100 Å². The second-order valence-corrected chi connectivity index (χ2v) is 4.74. The first-order valence-electron chi connectivity index (χ1n) is 5.30. The zero-order chi connectivity index (χ0) is 11.8. The summed E-state index contributed by atoms with van der Waals surface area (Å²) in [6, 6.07) is 9.42. The molecule has 3 nitrogen and oxygen atoms in total. The van der Waals surface area contributed by atoms with Crippen LogP contribution < -0.4 is 4.74 Å². The van der Waals surface area contributed by atoms with Gasteiger partial charge in [0, 0.05) is 11.5 Å². The van der Waals surface area contributed by atoms with Gasteiger partial charge in [-0.25, -0.2) is 0 Å². The number of ether oxygens (including phenoxy) is 1. The number of aliphatic hydroxyl groups is 2. The first-order chi connectivity index (χ1) is 7.68. The average Bonchev–Trinajstić information content (AvgIpc) is 2.27. The zero-order valence-corrected chi connectivity index (χ0v) is 10.2. The Hall–Kier alpha value is -0.710. The van der Waals surface area contributed by atoms with E-state index in [2.05, 4.69) is 0 Å². The van der Waals surface area contributed by atoms with Crippen LogP contribution in [0.2, 0.25) is 0 Å². The van der Waals surface area contributed by atoms with Gasteiger partial charge in [-0.05, 0) is 19.1 Å². The molecule has 0 bridgehead atoms. The van der Waals surface area contributed by atoms with E-state index in [0.717, 1.165) is 5.75 Å². The van der Waals surface area contributed by atoms with Gasteiger partial charge in [-0.2, -0.15) is 11.8 Å². The van der Waals surface area contributed by atoms with Crippen molar-refractivity contribution in [2.75, 3.05) is 18.1 Å². The normalized spacial score (nSPS) is 14.4. The molecular formula is C12H18O3S. The molecule has 90 valence electrons. The smallest absolute Gasteiger partial charge is 0.119 e. The maximum Gasteiger partial charge on any atom is 0.119 e. The Morgan fingerprint density at radius 1 is 1.19 bits per heavy atom. The van der Waals surface area contributed by atoms with Crippen LogP contribution in [0, 0.1) is 0 Å². The molecule has 2 atom stereocenters. The molecule has 0 aliphatic rings. The van der Waals surface area contributed by atoms with E-state index >= 15 is 0 Å². The second kappa shape index (κ2) is 7.54. The van der Waals surface area contributed by atoms with Crippen molar-refractivity contribution < 1.29 is 14.9 Å². The van der Waals surface area contributed by atoms with E-state index in [9.17, 15) is 5.11 Å². The second-order valence-electron chi connectivity index (χ2n) is 3.66. The number of thioether (sulfide) groups is 1. The van der Waals surface area contributed by atoms with Crippen LogP contribution in [0.5, 0.6) is 5.75 Å². The van der Waals surface area contributed by atoms with Crippen LogP contribution in [0.3, 0.4) is 0 Å². The Bertz CT molecular complexity index is 277. The quantitative estimate of drug-likeness (QED) is 0.761. The minimum atomic E-state index is -0.496. The third-order valence-electron chi connectivity index (χ3n) is 1.85. The van der Waals surface area contributed by atoms with Crippen LogP contribution in [-0.4, -0.2) is 40.5 Å². The maximum atomic E-state index is 9.60. The van der Waals surface area contributed by atoms with Crippen molar-refractivity contribution in [2.45, 2.75) is 19.1 Å². The van der Waals surface area contributed by atoms with Crippen molar-refractivity contribution in [1.82, 2.24) is 0 Å². The highest BCUT2D eigenvalue weighted by Gasteiger charge is 2.06. The summed E-state index contributed by atoms with van der Waals surface area (Å²) in [4.78, 5) is 0. The number of rotatable bonds is 7. The van der Waals surface area contributed by atoms with Crippen LogP contribution in [0.4, 0.5) is 0 Å². The fraction of sp³-hybridized carbons (Fsp3) is 0.500. The lowest BCUT2D eigenvalue weighted by Crippen LogP contribution is -2.21. The molecule has 0 amide bonds. The van der Waals surface area contributed by atoms with Gasteiger partial charge in [0.1, 0.15) is 12.4 Å². The molecule has 0 aromatic heterocycles. The van der Waals surface area contributed by atoms with E-state index < -0.39 is 6.10 Å². The maximum absolute atomic E-state index is 9.60. The standard InChI is InChI=1S/C12H18O3S/c1-10(13)8-16-9-11(14)7-15-12-5-3-2-4-6-12/h2-6,10-11,13-14H,7-9H2,1H3. The largest absolute Gasteiger partial charge is 0.491 e. The van der Waals surface area contributed by atoms with Gasteiger partial charge in [0.15, 0.2) is 0 Å². The predicted molar refractivity (Wildman–Crippen MR) is 66.9 cm³/mol. The first-order valence-corrected chi connectivity index (χ1v) is 6.45. The van der Waals surface area contributed by atoms with Crippen LogP contribution in [0.25, 0.3) is 0 Å². The minimum absolute atomic E-state index is 0.289. The summed E-state index contributed by atoms with van der Waals surface area (Å²) >= 11 is 1.52. The third kappa shape index (κ3) is 6.00. The summed E-state index contributed by atoms with van der Waals surface area (Å²) < 4.78 is 5.40. The molecule has 2 unspecified atom stereocenters. The van der Waals surface area contributed by atoms with Gasteiger partial charge in [-0.1, -0.05) is 18.2 Å². The average molecular weight is 242 g/mol. The van der Waals surface area contributed by atoms with Crippen molar-refractivity contribution in [2.24, 2.45) is 0 Å². The van der Waals surface area contributed by atoms with Gasteiger partial charge >= 0.3 is 0 Å². The van der Waals surface area contributed by atoms with Crippen molar-refractivity contribution in [3.05, 3.63) is 30.3 Å². The van der Waals surface area contributed by atoms with Gasteiger partial charge in [-0.3, -0.25) is 0 Å². The summed E-state index contributed by atoms with van der Waals surface area (Å²) in [5.74, 6) is 1.99. The van der Waals surface area contributed by atoms with E-state index in [1.165, 1.54) is 11.8 Å². The summed E-state index contributed by atoms with van der Waals surface area (Å²) in [6.07, 6.45) is -0.823. The zero-order valence-electron chi connectivity index (χ0n) is 9.37. The van der Waals surface area contributed by atoms with Gasteiger partial charge in [0.05, 0.1) is 12.2 Å². The molecule has 1 rings (SSSR count). The Kier molecular flexibility index (Phi) is 6.30. The van der Waals surface area contributed by atoms with Gasteiger partial charge in [-0.15, -0.1) is 0 Å². The van der Waals surface area contributed by atoms with E-state index in [4.69, 9.17) is 9.84 Å². The van der Waals surface area contributed by atoms with Crippen molar-refractivity contribution >= 4 is 11.8 Å². The summed E-state index contributed by atoms with van der Waals surface area (Å²) in [5.41, 5.74) is 0. The van der Waals surface area contributed by atoms with E-state index in [1.54, 1.807) is 6.92 Å². The molecule has 2 N–H and O–H groups in total. The number of hydrogen-bond donors (Lipinski definition) is 2. The van der Waals surface area contributed by atoms with Crippen LogP contribution in [0.15, 0.2) is 30.3 Å². The summed E-state index contributed by atoms with van der Waals surface area (Å²) in [5, 5.41) is 18.6. The lowest BCUT2D eigenvalue weighted by molar-refractivity contribution is 0.126. The number of para-hydroxylation sites is 1. The number of benzene rings is 1. The Morgan fingerprint density at radius 2 is 1.88 bits per heavy atom. The molecule has 1 aromatic rings. The fourth-order valence-corrected chi connectivity index (χ4v) is 1.98. The molecule has 0 radical (unpaired) electrons. The van der Waals surface area contributed by atoms with Crippen molar-refractivity contribution in [3.63, 3.8) is 0 Å². The summed E-state index contributed by atoms with van der Waals surface area (Å²) in [6.45, 7) is 2.02. The topological polar surface area (TPSA) is 49.7 Å². The minimum Gasteiger partial charge on any atom is -0.491 e. The molecular weight excluding hydrogens is 224 g/mol. The monoisotopic (exact) mass is 242 g/mol. The number of aliphatic hydroxyl groups excluding tert-OH is 2. The Balaban J connectivity index is 2.13. The molecule has 4 heteroatoms. The highest BCUT2D eigenvalue weighted by molar-refractivity contribution is 7.99. The summed E-state index contributed by atoms with van der Waals surface area (Å²) in [7, 11) is 0. The van der Waals surface area contributed by atoms with Gasteiger partial charge in [0.25, 0.3) is 0 Å². The Morgan fingerprint density at radius 3 is 2.50 bits per heavy atom. The van der Waals surface area contributed by atoms with E-state index in [1.807, 2.05) is 30.3 Å². The van der Waals surface area contributed by atoms with Gasteiger partial charge in [0.2, 0.25) is 0 Å². The van der Waals surface area contributed by atoms with E-state index in [0.29, 0.717) is 11.5 Å². The van der Waals surface area contributed by atoms with Crippen LogP contribution >= 0.6 is 11.8 Å².